The van der Waals surface area contributed by atoms with Crippen LogP contribution in [0.5, 0.6) is 0 Å². The summed E-state index contributed by atoms with van der Waals surface area (Å²) in [7, 11) is 0. The molecule has 0 spiro atoms. The van der Waals surface area contributed by atoms with Gasteiger partial charge in [-0.05, 0) is 29.2 Å². The molecule has 0 saturated carbocycles. The number of hydrogen-bond acceptors (Lipinski definition) is 5. The number of fused-ring (bicyclic) bond motifs is 1. The molecule has 1 aromatic heterocycles. The fourth-order valence-electron chi connectivity index (χ4n) is 1.90. The van der Waals surface area contributed by atoms with Gasteiger partial charge in [-0.1, -0.05) is 0 Å². The van der Waals surface area contributed by atoms with Crippen molar-refractivity contribution in [3.8, 4) is 0 Å². The predicted molar refractivity (Wildman–Crippen MR) is 63.5 cm³/mol. The molecule has 2 aliphatic rings. The molecule has 7 heteroatoms. The molecule has 1 fully saturated rings. The summed E-state index contributed by atoms with van der Waals surface area (Å²) < 4.78 is 0. The number of β-lactam (4-membered cyclic amide) rings is 1. The van der Waals surface area contributed by atoms with Gasteiger partial charge in [0.25, 0.3) is 5.91 Å². The standard InChI is InChI=1S/C12H8N2O3S.Na/c15-10-8(5-7-1-3-13-4-2-7)11-14(10)9(6-18-11)12(16)17;/h1-6,11H,(H,16,17);/q;+1/p-1/b8-5-;. The second-order valence-corrected chi connectivity index (χ2v) is 4.79. The molecule has 2 aliphatic heterocycles. The predicted octanol–water partition coefficient (Wildman–Crippen LogP) is -3.02. The molecule has 1 saturated heterocycles. The molecular formula is C12H7N2NaO3S. The molecule has 0 aliphatic carbocycles. The molecule has 0 N–H and O–H groups in total. The number of aliphatic carboxylic acids is 1. The van der Waals surface area contributed by atoms with Crippen LogP contribution in [0, 0.1) is 0 Å². The first-order valence-corrected chi connectivity index (χ1v) is 6.15. The van der Waals surface area contributed by atoms with E-state index in [0.29, 0.717) is 5.57 Å². The van der Waals surface area contributed by atoms with Gasteiger partial charge in [0.1, 0.15) is 5.37 Å². The quantitative estimate of drug-likeness (QED) is 0.328. The van der Waals surface area contributed by atoms with Gasteiger partial charge in [0.15, 0.2) is 0 Å². The Morgan fingerprint density at radius 1 is 1.42 bits per heavy atom. The Labute approximate surface area is 135 Å². The first kappa shape index (κ1) is 14.3. The summed E-state index contributed by atoms with van der Waals surface area (Å²) in [5.74, 6) is -1.60. The van der Waals surface area contributed by atoms with Crippen molar-refractivity contribution in [1.82, 2.24) is 9.88 Å². The summed E-state index contributed by atoms with van der Waals surface area (Å²) >= 11 is 1.30. The third-order valence-electron chi connectivity index (χ3n) is 2.77. The number of amides is 1. The number of carboxylic acid groups (broad SMARTS) is 1. The van der Waals surface area contributed by atoms with Crippen LogP contribution in [0.1, 0.15) is 5.56 Å². The minimum atomic E-state index is -1.32. The fourth-order valence-corrected chi connectivity index (χ4v) is 3.01. The molecule has 5 nitrogen and oxygen atoms in total. The molecule has 0 bridgehead atoms. The monoisotopic (exact) mass is 282 g/mol. The average molecular weight is 282 g/mol. The number of nitrogens with zero attached hydrogens (tertiary/aromatic N) is 2. The van der Waals surface area contributed by atoms with E-state index in [1.54, 1.807) is 30.6 Å². The molecule has 90 valence electrons. The first-order valence-electron chi connectivity index (χ1n) is 5.20. The second kappa shape index (κ2) is 5.50. The van der Waals surface area contributed by atoms with Crippen LogP contribution >= 0.6 is 11.8 Å². The number of carboxylic acids is 1. The normalized spacial score (nSPS) is 22.4. The van der Waals surface area contributed by atoms with E-state index in [4.69, 9.17) is 0 Å². The van der Waals surface area contributed by atoms with Gasteiger partial charge in [-0.2, -0.15) is 0 Å². The Hall–Kier alpha value is -1.08. The average Bonchev–Trinajstić information content (AvgIpc) is 2.77. The first-order chi connectivity index (χ1) is 8.68. The fraction of sp³-hybridized carbons (Fsp3) is 0.0833. The van der Waals surface area contributed by atoms with Gasteiger partial charge in [-0.3, -0.25) is 14.7 Å². The topological polar surface area (TPSA) is 73.3 Å². The van der Waals surface area contributed by atoms with Crippen LogP contribution in [0.3, 0.4) is 0 Å². The minimum absolute atomic E-state index is 0. The maximum Gasteiger partial charge on any atom is 1.00 e. The van der Waals surface area contributed by atoms with Crippen LogP contribution in [0.15, 0.2) is 41.2 Å². The van der Waals surface area contributed by atoms with Gasteiger partial charge >= 0.3 is 29.6 Å². The van der Waals surface area contributed by atoms with Crippen molar-refractivity contribution in [3.63, 3.8) is 0 Å². The van der Waals surface area contributed by atoms with Crippen LogP contribution in [-0.2, 0) is 9.59 Å². The summed E-state index contributed by atoms with van der Waals surface area (Å²) in [6.07, 6.45) is 5.03. The van der Waals surface area contributed by atoms with Gasteiger partial charge in [0.05, 0.1) is 17.2 Å². The van der Waals surface area contributed by atoms with Crippen molar-refractivity contribution >= 4 is 29.7 Å². The van der Waals surface area contributed by atoms with Crippen LogP contribution in [-0.4, -0.2) is 27.1 Å². The van der Waals surface area contributed by atoms with Crippen LogP contribution in [0.25, 0.3) is 6.08 Å². The van der Waals surface area contributed by atoms with E-state index in [1.807, 2.05) is 0 Å². The van der Waals surface area contributed by atoms with E-state index in [0.717, 1.165) is 5.56 Å². The Bertz CT molecular complexity index is 600. The Morgan fingerprint density at radius 3 is 2.74 bits per heavy atom. The van der Waals surface area contributed by atoms with Gasteiger partial charge in [-0.15, -0.1) is 11.8 Å². The second-order valence-electron chi connectivity index (χ2n) is 3.83. The van der Waals surface area contributed by atoms with Gasteiger partial charge in [0.2, 0.25) is 0 Å². The Balaban J connectivity index is 0.00000133. The number of carbonyl (C=O) groups is 2. The van der Waals surface area contributed by atoms with E-state index in [-0.39, 0.29) is 46.5 Å². The van der Waals surface area contributed by atoms with Gasteiger partial charge in [-0.25, -0.2) is 0 Å². The summed E-state index contributed by atoms with van der Waals surface area (Å²) in [4.78, 5) is 27.8. The zero-order chi connectivity index (χ0) is 12.7. The maximum absolute atomic E-state index is 11.9. The van der Waals surface area contributed by atoms with Gasteiger partial charge in [0, 0.05) is 12.4 Å². The summed E-state index contributed by atoms with van der Waals surface area (Å²) in [6, 6.07) is 3.57. The molecule has 19 heavy (non-hydrogen) atoms. The van der Waals surface area contributed by atoms with Gasteiger partial charge < -0.3 is 9.90 Å². The van der Waals surface area contributed by atoms with E-state index in [9.17, 15) is 14.7 Å². The summed E-state index contributed by atoms with van der Waals surface area (Å²) in [6.45, 7) is 0. The van der Waals surface area contributed by atoms with E-state index >= 15 is 0 Å². The minimum Gasteiger partial charge on any atom is -0.543 e. The van der Waals surface area contributed by atoms with Crippen molar-refractivity contribution in [2.75, 3.05) is 0 Å². The SMILES string of the molecule is O=C([O-])C1=CSC2/C(=C\c3ccncc3)C(=O)N12.[Na+]. The van der Waals surface area contributed by atoms with Crippen LogP contribution in [0.4, 0.5) is 0 Å². The maximum atomic E-state index is 11.9. The third kappa shape index (κ3) is 2.36. The zero-order valence-corrected chi connectivity index (χ0v) is 12.9. The Morgan fingerprint density at radius 2 is 2.11 bits per heavy atom. The number of thioether (sulfide) groups is 1. The smallest absolute Gasteiger partial charge is 0.543 e. The van der Waals surface area contributed by atoms with E-state index in [2.05, 4.69) is 4.98 Å². The van der Waals surface area contributed by atoms with Crippen LogP contribution in [0.2, 0.25) is 0 Å². The molecule has 3 rings (SSSR count). The van der Waals surface area contributed by atoms with Crippen molar-refractivity contribution in [1.29, 1.82) is 0 Å². The Kier molecular flexibility index (Phi) is 4.15. The van der Waals surface area contributed by atoms with Crippen molar-refractivity contribution < 1.29 is 44.3 Å². The number of rotatable bonds is 2. The van der Waals surface area contributed by atoms with Crippen LogP contribution < -0.4 is 34.7 Å². The van der Waals surface area contributed by atoms with Crippen molar-refractivity contribution in [2.24, 2.45) is 0 Å². The number of carbonyl (C=O) groups excluding carboxylic acids is 2. The third-order valence-corrected chi connectivity index (χ3v) is 3.85. The molecule has 0 aromatic carbocycles. The van der Waals surface area contributed by atoms with E-state index in [1.165, 1.54) is 22.1 Å². The summed E-state index contributed by atoms with van der Waals surface area (Å²) in [5.41, 5.74) is 1.41. The largest absolute Gasteiger partial charge is 1.00 e. The number of hydrogen-bond donors (Lipinski definition) is 0. The molecule has 3 heterocycles. The summed E-state index contributed by atoms with van der Waals surface area (Å²) in [5, 5.41) is 12.0. The molecule has 1 amide bonds. The van der Waals surface area contributed by atoms with Crippen molar-refractivity contribution in [2.45, 2.75) is 5.37 Å². The molecule has 0 radical (unpaired) electrons. The van der Waals surface area contributed by atoms with Crippen molar-refractivity contribution in [3.05, 3.63) is 46.8 Å². The number of pyridine rings is 1. The molecule has 1 unspecified atom stereocenters. The van der Waals surface area contributed by atoms with E-state index < -0.39 is 5.97 Å². The molecule has 1 atom stereocenters. The number of aromatic nitrogens is 1. The molecular weight excluding hydrogens is 275 g/mol. The molecule has 1 aromatic rings. The zero-order valence-electron chi connectivity index (χ0n) is 10.1.